The molecule has 2 N–H and O–H groups in total. The van der Waals surface area contributed by atoms with Crippen LogP contribution in [0.5, 0.6) is 11.5 Å². The van der Waals surface area contributed by atoms with Gasteiger partial charge in [0.2, 0.25) is 5.82 Å². The smallest absolute Gasteiger partial charge is 0.320 e. The number of carboxylic acid groups (broad SMARTS) is 1. The Morgan fingerprint density at radius 3 is 2.50 bits per heavy atom. The number of hydrogen-bond donors (Lipinski definition) is 2. The van der Waals surface area contributed by atoms with Crippen LogP contribution in [0.25, 0.3) is 22.8 Å². The van der Waals surface area contributed by atoms with Crippen LogP contribution >= 0.6 is 11.6 Å². The number of nitrogens with zero attached hydrogens (tertiary/aromatic N) is 2. The summed E-state index contributed by atoms with van der Waals surface area (Å²) in [4.78, 5) is 15.4. The second-order valence-corrected chi connectivity index (χ2v) is 7.52. The summed E-state index contributed by atoms with van der Waals surface area (Å²) in [6.07, 6.45) is 0. The van der Waals surface area contributed by atoms with Gasteiger partial charge in [-0.3, -0.25) is 4.79 Å². The molecule has 8 heteroatoms. The Labute approximate surface area is 189 Å². The minimum atomic E-state index is -0.910. The number of rotatable bonds is 8. The van der Waals surface area contributed by atoms with Gasteiger partial charge in [0.25, 0.3) is 5.89 Å². The zero-order valence-corrected chi connectivity index (χ0v) is 17.9. The van der Waals surface area contributed by atoms with Crippen LogP contribution in [-0.4, -0.2) is 27.3 Å². The van der Waals surface area contributed by atoms with Gasteiger partial charge >= 0.3 is 5.97 Å². The Balaban J connectivity index is 1.46. The molecule has 0 radical (unpaired) electrons. The number of ether oxygens (including phenoxy) is 1. The summed E-state index contributed by atoms with van der Waals surface area (Å²) in [5, 5.41) is 16.4. The van der Waals surface area contributed by atoms with Crippen molar-refractivity contribution in [2.45, 2.75) is 19.5 Å². The van der Waals surface area contributed by atoms with Crippen LogP contribution in [0.4, 0.5) is 0 Å². The van der Waals surface area contributed by atoms with Crippen molar-refractivity contribution in [3.8, 4) is 34.3 Å². The molecule has 0 amide bonds. The van der Waals surface area contributed by atoms with Crippen molar-refractivity contribution in [1.29, 1.82) is 0 Å². The minimum Gasteiger partial charge on any atom is -0.480 e. The molecule has 0 aliphatic heterocycles. The molecule has 0 aliphatic rings. The summed E-state index contributed by atoms with van der Waals surface area (Å²) >= 11 is 6.41. The monoisotopic (exact) mass is 449 g/mol. The quantitative estimate of drug-likeness (QED) is 0.371. The van der Waals surface area contributed by atoms with E-state index >= 15 is 0 Å². The maximum absolute atomic E-state index is 10.9. The largest absolute Gasteiger partial charge is 0.480 e. The van der Waals surface area contributed by atoms with Gasteiger partial charge < -0.3 is 19.7 Å². The highest BCUT2D eigenvalue weighted by Gasteiger charge is 2.15. The lowest BCUT2D eigenvalue weighted by atomic mass is 10.1. The maximum atomic E-state index is 10.9. The third-order valence-electron chi connectivity index (χ3n) is 4.76. The standard InChI is InChI=1S/C24H20ClN3O4/c1-15(24(29)30)26-14-16-7-12-20(21(25)13-16)22-27-23(32-28-22)17-8-10-19(11-9-17)31-18-5-3-2-4-6-18/h2-13,15,26H,14H2,1H3,(H,29,30). The van der Waals surface area contributed by atoms with E-state index in [0.717, 1.165) is 16.9 Å². The molecule has 1 aromatic heterocycles. The molecule has 162 valence electrons. The van der Waals surface area contributed by atoms with Gasteiger partial charge in [0, 0.05) is 17.7 Å². The minimum absolute atomic E-state index is 0.364. The van der Waals surface area contributed by atoms with Crippen molar-refractivity contribution in [3.63, 3.8) is 0 Å². The molecule has 3 aromatic carbocycles. The number of halogens is 1. The van der Waals surface area contributed by atoms with Gasteiger partial charge in [-0.25, -0.2) is 0 Å². The normalized spacial score (nSPS) is 11.8. The van der Waals surface area contributed by atoms with E-state index in [0.29, 0.717) is 34.6 Å². The second kappa shape index (κ2) is 9.64. The summed E-state index contributed by atoms with van der Waals surface area (Å²) in [5.41, 5.74) is 2.23. The number of carbonyl (C=O) groups is 1. The van der Waals surface area contributed by atoms with E-state index in [1.54, 1.807) is 19.1 Å². The molecule has 7 nitrogen and oxygen atoms in total. The molecule has 0 saturated heterocycles. The number of nitrogens with one attached hydrogen (secondary N) is 1. The van der Waals surface area contributed by atoms with Gasteiger partial charge in [-0.05, 0) is 61.0 Å². The van der Waals surface area contributed by atoms with E-state index in [9.17, 15) is 4.79 Å². The summed E-state index contributed by atoms with van der Waals surface area (Å²) in [6, 6.07) is 21.6. The Morgan fingerprint density at radius 2 is 1.81 bits per heavy atom. The summed E-state index contributed by atoms with van der Waals surface area (Å²) in [6.45, 7) is 1.96. The van der Waals surface area contributed by atoms with Crippen LogP contribution in [0.3, 0.4) is 0 Å². The first-order valence-corrected chi connectivity index (χ1v) is 10.3. The molecule has 0 fully saturated rings. The average molecular weight is 450 g/mol. The molecule has 4 rings (SSSR count). The van der Waals surface area contributed by atoms with Crippen molar-refractivity contribution in [1.82, 2.24) is 15.5 Å². The molecule has 0 spiro atoms. The van der Waals surface area contributed by atoms with Crippen molar-refractivity contribution in [2.75, 3.05) is 0 Å². The molecule has 0 aliphatic carbocycles. The van der Waals surface area contributed by atoms with Crippen molar-refractivity contribution >= 4 is 17.6 Å². The lowest BCUT2D eigenvalue weighted by molar-refractivity contribution is -0.139. The van der Waals surface area contributed by atoms with E-state index in [4.69, 9.17) is 26.0 Å². The third-order valence-corrected chi connectivity index (χ3v) is 5.08. The van der Waals surface area contributed by atoms with E-state index in [1.165, 1.54) is 0 Å². The molecule has 1 unspecified atom stereocenters. The summed E-state index contributed by atoms with van der Waals surface area (Å²) in [7, 11) is 0. The average Bonchev–Trinajstić information content (AvgIpc) is 3.28. The van der Waals surface area contributed by atoms with Crippen LogP contribution in [-0.2, 0) is 11.3 Å². The maximum Gasteiger partial charge on any atom is 0.320 e. The van der Waals surface area contributed by atoms with E-state index < -0.39 is 12.0 Å². The van der Waals surface area contributed by atoms with E-state index in [2.05, 4.69) is 15.5 Å². The van der Waals surface area contributed by atoms with Crippen LogP contribution in [0.15, 0.2) is 77.3 Å². The number of aliphatic carboxylic acids is 1. The lowest BCUT2D eigenvalue weighted by Gasteiger charge is -2.10. The lowest BCUT2D eigenvalue weighted by Crippen LogP contribution is -2.33. The molecule has 0 bridgehead atoms. The van der Waals surface area contributed by atoms with Crippen molar-refractivity contribution < 1.29 is 19.2 Å². The Hall–Kier alpha value is -3.68. The number of benzene rings is 3. The highest BCUT2D eigenvalue weighted by molar-refractivity contribution is 6.33. The van der Waals surface area contributed by atoms with Crippen LogP contribution in [0.2, 0.25) is 5.02 Å². The zero-order chi connectivity index (χ0) is 22.5. The van der Waals surface area contributed by atoms with Gasteiger partial charge in [-0.15, -0.1) is 0 Å². The topological polar surface area (TPSA) is 97.5 Å². The molecule has 0 saturated carbocycles. The predicted molar refractivity (Wildman–Crippen MR) is 121 cm³/mol. The predicted octanol–water partition coefficient (Wildman–Crippen LogP) is 5.41. The molecular formula is C24H20ClN3O4. The molecule has 4 aromatic rings. The van der Waals surface area contributed by atoms with Crippen LogP contribution < -0.4 is 10.1 Å². The van der Waals surface area contributed by atoms with Crippen molar-refractivity contribution in [2.24, 2.45) is 0 Å². The number of aromatic nitrogens is 2. The number of hydrogen-bond acceptors (Lipinski definition) is 6. The van der Waals surface area contributed by atoms with E-state index in [-0.39, 0.29) is 0 Å². The fourth-order valence-electron chi connectivity index (χ4n) is 2.95. The molecule has 1 atom stereocenters. The first-order chi connectivity index (χ1) is 15.5. The van der Waals surface area contributed by atoms with Gasteiger partial charge in [0.15, 0.2) is 0 Å². The first-order valence-electron chi connectivity index (χ1n) is 9.91. The fraction of sp³-hybridized carbons (Fsp3) is 0.125. The summed E-state index contributed by atoms with van der Waals surface area (Å²) in [5.74, 6) is 1.28. The summed E-state index contributed by atoms with van der Waals surface area (Å²) < 4.78 is 11.2. The van der Waals surface area contributed by atoms with Gasteiger partial charge in [0.1, 0.15) is 17.5 Å². The van der Waals surface area contributed by atoms with Crippen LogP contribution in [0, 0.1) is 0 Å². The first kappa shape index (κ1) is 21.5. The third kappa shape index (κ3) is 5.14. The molecule has 32 heavy (non-hydrogen) atoms. The second-order valence-electron chi connectivity index (χ2n) is 7.12. The highest BCUT2D eigenvalue weighted by atomic mass is 35.5. The van der Waals surface area contributed by atoms with Gasteiger partial charge in [-0.1, -0.05) is 41.0 Å². The Bertz CT molecular complexity index is 1210. The van der Waals surface area contributed by atoms with Gasteiger partial charge in [0.05, 0.1) is 5.02 Å². The number of carboxylic acids is 1. The van der Waals surface area contributed by atoms with Crippen LogP contribution in [0.1, 0.15) is 12.5 Å². The Morgan fingerprint density at radius 1 is 1.09 bits per heavy atom. The van der Waals surface area contributed by atoms with E-state index in [1.807, 2.05) is 60.7 Å². The highest BCUT2D eigenvalue weighted by Crippen LogP contribution is 2.30. The SMILES string of the molecule is CC(NCc1ccc(-c2noc(-c3ccc(Oc4ccccc4)cc3)n2)c(Cl)c1)C(=O)O. The Kier molecular flexibility index (Phi) is 6.49. The zero-order valence-electron chi connectivity index (χ0n) is 17.2. The van der Waals surface area contributed by atoms with Gasteiger partial charge in [-0.2, -0.15) is 4.98 Å². The van der Waals surface area contributed by atoms with Crippen molar-refractivity contribution in [3.05, 3.63) is 83.4 Å². The molecule has 1 heterocycles. The molecular weight excluding hydrogens is 430 g/mol. The number of para-hydroxylation sites is 1. The fourth-order valence-corrected chi connectivity index (χ4v) is 3.24.